The minimum absolute atomic E-state index is 0.197. The molecule has 0 aromatic heterocycles. The molecule has 0 aliphatic heterocycles. The van der Waals surface area contributed by atoms with Crippen molar-refractivity contribution in [2.24, 2.45) is 5.10 Å². The minimum atomic E-state index is -0.197. The van der Waals surface area contributed by atoms with Crippen molar-refractivity contribution in [3.63, 3.8) is 0 Å². The molecule has 0 atom stereocenters. The Balaban J connectivity index is 1.60. The Labute approximate surface area is 179 Å². The predicted molar refractivity (Wildman–Crippen MR) is 120 cm³/mol. The Morgan fingerprint density at radius 1 is 1.07 bits per heavy atom. The van der Waals surface area contributed by atoms with E-state index in [0.29, 0.717) is 11.6 Å². The van der Waals surface area contributed by atoms with Crippen molar-refractivity contribution < 1.29 is 9.53 Å². The predicted octanol–water partition coefficient (Wildman–Crippen LogP) is 5.33. The fraction of sp³-hybridized carbons (Fsp3) is 0.130. The second-order valence-corrected chi connectivity index (χ2v) is 7.51. The van der Waals surface area contributed by atoms with Crippen LogP contribution in [0.25, 0.3) is 0 Å². The number of ether oxygens (including phenoxy) is 1. The van der Waals surface area contributed by atoms with Crippen LogP contribution in [-0.4, -0.2) is 18.4 Å². The van der Waals surface area contributed by atoms with Gasteiger partial charge < -0.3 is 4.74 Å². The molecule has 1 N–H and O–H groups in total. The van der Waals surface area contributed by atoms with Crippen molar-refractivity contribution in [2.45, 2.75) is 17.9 Å². The van der Waals surface area contributed by atoms with E-state index in [1.54, 1.807) is 18.0 Å². The van der Waals surface area contributed by atoms with Gasteiger partial charge >= 0.3 is 0 Å². The Kier molecular flexibility index (Phi) is 7.73. The monoisotopic (exact) mass is 424 g/mol. The summed E-state index contributed by atoms with van der Waals surface area (Å²) in [5.74, 6) is 0.607. The van der Waals surface area contributed by atoms with E-state index in [1.165, 1.54) is 0 Å². The van der Waals surface area contributed by atoms with Crippen molar-refractivity contribution in [3.05, 3.63) is 94.5 Å². The molecule has 0 aliphatic carbocycles. The lowest BCUT2D eigenvalue weighted by Gasteiger charge is -2.09. The van der Waals surface area contributed by atoms with Gasteiger partial charge in [0.25, 0.3) is 0 Å². The molecule has 0 unspecified atom stereocenters. The summed E-state index contributed by atoms with van der Waals surface area (Å²) < 4.78 is 5.81. The van der Waals surface area contributed by atoms with Gasteiger partial charge in [-0.1, -0.05) is 54.1 Å². The molecule has 0 aliphatic rings. The van der Waals surface area contributed by atoms with E-state index in [4.69, 9.17) is 16.3 Å². The van der Waals surface area contributed by atoms with Crippen molar-refractivity contribution in [1.29, 1.82) is 0 Å². The second-order valence-electron chi connectivity index (χ2n) is 6.23. The van der Waals surface area contributed by atoms with E-state index in [2.05, 4.69) is 10.5 Å². The second kappa shape index (κ2) is 10.7. The summed E-state index contributed by atoms with van der Waals surface area (Å²) in [5.41, 5.74) is 5.34. The van der Waals surface area contributed by atoms with Crippen LogP contribution >= 0.6 is 23.4 Å². The molecule has 3 rings (SSSR count). The van der Waals surface area contributed by atoms with Crippen molar-refractivity contribution in [2.75, 3.05) is 6.26 Å². The number of hydrazone groups is 1. The molecule has 0 saturated heterocycles. The first-order valence-corrected chi connectivity index (χ1v) is 10.7. The number of halogens is 1. The number of nitrogens with zero attached hydrogens (tertiary/aromatic N) is 1. The maximum Gasteiger partial charge on any atom is 0.244 e. The lowest BCUT2D eigenvalue weighted by Crippen LogP contribution is -2.20. The lowest BCUT2D eigenvalue weighted by molar-refractivity contribution is -0.120. The quantitative estimate of drug-likeness (QED) is 0.302. The number of carbonyl (C=O) groups excluding carboxylic acids is 1. The number of nitrogens with one attached hydrogen (secondary N) is 1. The maximum atomic E-state index is 12.3. The molecular weight excluding hydrogens is 404 g/mol. The van der Waals surface area contributed by atoms with Crippen LogP contribution in [0.4, 0.5) is 0 Å². The number of hydrogen-bond acceptors (Lipinski definition) is 4. The minimum Gasteiger partial charge on any atom is -0.489 e. The average molecular weight is 425 g/mol. The first-order chi connectivity index (χ1) is 14.2. The third-order valence-electron chi connectivity index (χ3n) is 4.18. The average Bonchev–Trinajstić information content (AvgIpc) is 2.74. The molecule has 1 amide bonds. The van der Waals surface area contributed by atoms with E-state index in [0.717, 1.165) is 27.3 Å². The van der Waals surface area contributed by atoms with Crippen LogP contribution in [0.1, 0.15) is 16.7 Å². The molecule has 0 saturated carbocycles. The number of benzene rings is 3. The Hall–Kier alpha value is -2.76. The van der Waals surface area contributed by atoms with Gasteiger partial charge in [-0.2, -0.15) is 5.10 Å². The molecule has 0 fully saturated rings. The first kappa shape index (κ1) is 21.0. The summed E-state index contributed by atoms with van der Waals surface area (Å²) in [4.78, 5) is 13.3. The molecule has 3 aromatic carbocycles. The van der Waals surface area contributed by atoms with Gasteiger partial charge in [0.1, 0.15) is 12.4 Å². The maximum absolute atomic E-state index is 12.3. The van der Waals surface area contributed by atoms with Gasteiger partial charge in [0.2, 0.25) is 5.91 Å². The van der Waals surface area contributed by atoms with E-state index in [9.17, 15) is 4.79 Å². The van der Waals surface area contributed by atoms with Gasteiger partial charge in [0.15, 0.2) is 0 Å². The van der Waals surface area contributed by atoms with Crippen molar-refractivity contribution >= 4 is 35.5 Å². The Morgan fingerprint density at radius 3 is 2.62 bits per heavy atom. The highest BCUT2D eigenvalue weighted by Crippen LogP contribution is 2.24. The van der Waals surface area contributed by atoms with Gasteiger partial charge in [0.05, 0.1) is 12.6 Å². The largest absolute Gasteiger partial charge is 0.489 e. The highest BCUT2D eigenvalue weighted by Gasteiger charge is 2.08. The highest BCUT2D eigenvalue weighted by atomic mass is 35.5. The molecule has 6 heteroatoms. The SMILES string of the molecule is CSc1ccc(Cl)cc1CC(=O)N/N=C\c1ccccc1COc1ccccc1. The molecule has 0 bridgehead atoms. The zero-order valence-corrected chi connectivity index (χ0v) is 17.5. The zero-order valence-electron chi connectivity index (χ0n) is 16.0. The molecule has 0 heterocycles. The van der Waals surface area contributed by atoms with Crippen LogP contribution < -0.4 is 10.2 Å². The molecule has 0 spiro atoms. The first-order valence-electron chi connectivity index (χ1n) is 9.06. The lowest BCUT2D eigenvalue weighted by atomic mass is 10.1. The van der Waals surface area contributed by atoms with Crippen LogP contribution in [0.5, 0.6) is 5.75 Å². The van der Waals surface area contributed by atoms with E-state index in [1.807, 2.05) is 79.1 Å². The smallest absolute Gasteiger partial charge is 0.244 e. The van der Waals surface area contributed by atoms with Crippen LogP contribution in [0.3, 0.4) is 0 Å². The normalized spacial score (nSPS) is 10.8. The van der Waals surface area contributed by atoms with Crippen LogP contribution in [0.2, 0.25) is 5.02 Å². The molecule has 29 heavy (non-hydrogen) atoms. The topological polar surface area (TPSA) is 50.7 Å². The molecule has 0 radical (unpaired) electrons. The standard InChI is InChI=1S/C23H21ClN2O2S/c1-29-22-12-11-20(24)13-19(22)14-23(27)26-25-15-17-7-5-6-8-18(17)16-28-21-9-3-2-4-10-21/h2-13,15H,14,16H2,1H3,(H,26,27)/b25-15-. The fourth-order valence-electron chi connectivity index (χ4n) is 2.74. The summed E-state index contributed by atoms with van der Waals surface area (Å²) >= 11 is 7.63. The van der Waals surface area contributed by atoms with Gasteiger partial charge in [-0.25, -0.2) is 5.43 Å². The number of hydrogen-bond donors (Lipinski definition) is 1. The summed E-state index contributed by atoms with van der Waals surface area (Å²) in [6.07, 6.45) is 3.82. The van der Waals surface area contributed by atoms with Gasteiger partial charge in [-0.05, 0) is 47.7 Å². The van der Waals surface area contributed by atoms with E-state index < -0.39 is 0 Å². The van der Waals surface area contributed by atoms with Crippen LogP contribution in [0, 0.1) is 0 Å². The zero-order chi connectivity index (χ0) is 20.5. The summed E-state index contributed by atoms with van der Waals surface area (Å²) in [6, 6.07) is 23.0. The number of carbonyl (C=O) groups is 1. The molecule has 148 valence electrons. The Bertz CT molecular complexity index is 993. The van der Waals surface area contributed by atoms with Crippen LogP contribution in [0.15, 0.2) is 82.8 Å². The van der Waals surface area contributed by atoms with Crippen LogP contribution in [-0.2, 0) is 17.8 Å². The number of para-hydroxylation sites is 1. The van der Waals surface area contributed by atoms with Crippen molar-refractivity contribution in [3.8, 4) is 5.75 Å². The number of thioether (sulfide) groups is 1. The van der Waals surface area contributed by atoms with Gasteiger partial charge in [0, 0.05) is 15.5 Å². The fourth-order valence-corrected chi connectivity index (χ4v) is 3.53. The molecular formula is C23H21ClN2O2S. The van der Waals surface area contributed by atoms with Gasteiger partial charge in [-0.3, -0.25) is 4.79 Å². The van der Waals surface area contributed by atoms with Crippen molar-refractivity contribution in [1.82, 2.24) is 5.43 Å². The third-order valence-corrected chi connectivity index (χ3v) is 5.25. The third kappa shape index (κ3) is 6.38. The molecule has 4 nitrogen and oxygen atoms in total. The number of rotatable bonds is 8. The van der Waals surface area contributed by atoms with E-state index in [-0.39, 0.29) is 12.3 Å². The molecule has 3 aromatic rings. The highest BCUT2D eigenvalue weighted by molar-refractivity contribution is 7.98. The summed E-state index contributed by atoms with van der Waals surface area (Å²) in [6.45, 7) is 0.416. The Morgan fingerprint density at radius 2 is 1.83 bits per heavy atom. The van der Waals surface area contributed by atoms with Gasteiger partial charge in [-0.15, -0.1) is 11.8 Å². The number of amides is 1. The summed E-state index contributed by atoms with van der Waals surface area (Å²) in [5, 5.41) is 4.72. The van der Waals surface area contributed by atoms with E-state index >= 15 is 0 Å². The summed E-state index contributed by atoms with van der Waals surface area (Å²) in [7, 11) is 0.